The van der Waals surface area contributed by atoms with E-state index in [9.17, 15) is 9.59 Å². The maximum absolute atomic E-state index is 11.7. The highest BCUT2D eigenvalue weighted by atomic mass is 16.2. The van der Waals surface area contributed by atoms with Crippen LogP contribution >= 0.6 is 0 Å². The quantitative estimate of drug-likeness (QED) is 0.370. The first-order valence-electron chi connectivity index (χ1n) is 10.4. The molecule has 6 nitrogen and oxygen atoms in total. The molecule has 2 N–H and O–H groups in total. The number of amides is 2. The van der Waals surface area contributed by atoms with Crippen LogP contribution in [0.3, 0.4) is 0 Å². The number of hydrogen-bond acceptors (Lipinski definition) is 4. The second-order valence-corrected chi connectivity index (χ2v) is 7.63. The number of rotatable bonds is 9. The van der Waals surface area contributed by atoms with Crippen molar-refractivity contribution in [1.82, 2.24) is 10.9 Å². The van der Waals surface area contributed by atoms with Crippen molar-refractivity contribution in [3.05, 3.63) is 0 Å². The molecule has 0 aromatic rings. The Bertz CT molecular complexity index is 434. The second-order valence-electron chi connectivity index (χ2n) is 7.63. The third-order valence-electron chi connectivity index (χ3n) is 5.31. The van der Waals surface area contributed by atoms with Gasteiger partial charge in [-0.25, -0.2) is 10.9 Å². The van der Waals surface area contributed by atoms with Crippen LogP contribution in [0, 0.1) is 11.8 Å². The van der Waals surface area contributed by atoms with E-state index in [4.69, 9.17) is 0 Å². The molecule has 0 aliphatic heterocycles. The molecule has 2 fully saturated rings. The number of nitrogens with one attached hydrogen (secondary N) is 2. The summed E-state index contributed by atoms with van der Waals surface area (Å²) in [6.07, 6.45) is 18.3. The molecule has 0 unspecified atom stereocenters. The molecule has 6 heteroatoms. The minimum atomic E-state index is -0.0761. The normalized spacial score (nSPS) is 19.8. The monoisotopic (exact) mass is 362 g/mol. The Morgan fingerprint density at radius 3 is 1.46 bits per heavy atom. The van der Waals surface area contributed by atoms with Gasteiger partial charge in [0.25, 0.3) is 0 Å². The zero-order valence-corrected chi connectivity index (χ0v) is 15.9. The highest BCUT2D eigenvalue weighted by Crippen LogP contribution is 2.22. The van der Waals surface area contributed by atoms with Crippen LogP contribution in [0.2, 0.25) is 0 Å². The lowest BCUT2D eigenvalue weighted by molar-refractivity contribution is -0.123. The highest BCUT2D eigenvalue weighted by molar-refractivity contribution is 5.78. The first kappa shape index (κ1) is 20.6. The predicted molar refractivity (Wildman–Crippen MR) is 105 cm³/mol. The van der Waals surface area contributed by atoms with Crippen LogP contribution < -0.4 is 10.9 Å². The summed E-state index contributed by atoms with van der Waals surface area (Å²) in [5.41, 5.74) is 5.19. The van der Waals surface area contributed by atoms with Crippen molar-refractivity contribution >= 4 is 24.2 Å². The molecule has 2 aliphatic carbocycles. The third kappa shape index (κ3) is 9.11. The van der Waals surface area contributed by atoms with Gasteiger partial charge in [0, 0.05) is 25.3 Å². The number of carbonyl (C=O) groups excluding carboxylic acids is 2. The molecule has 2 aliphatic rings. The van der Waals surface area contributed by atoms with E-state index in [-0.39, 0.29) is 11.8 Å². The number of unbranched alkanes of at least 4 members (excludes halogenated alkanes) is 1. The Labute approximate surface area is 157 Å². The predicted octanol–water partition coefficient (Wildman–Crippen LogP) is 3.91. The topological polar surface area (TPSA) is 82.9 Å². The standard InChI is InChI=1S/C20H34N4O2/c25-19(23-21-15-17-9-3-1-4-10-17)13-7-8-14-20(26)24-22-16-18-11-5-2-6-12-18/h15-18H,1-14H2,(H,23,25)(H,24,26). The van der Waals surface area contributed by atoms with Crippen LogP contribution in [0.4, 0.5) is 0 Å². The van der Waals surface area contributed by atoms with Crippen molar-refractivity contribution in [3.63, 3.8) is 0 Å². The number of nitrogens with zero attached hydrogens (tertiary/aromatic N) is 2. The van der Waals surface area contributed by atoms with E-state index in [1.54, 1.807) is 0 Å². The third-order valence-corrected chi connectivity index (χ3v) is 5.31. The van der Waals surface area contributed by atoms with E-state index in [1.165, 1.54) is 64.2 Å². The average molecular weight is 363 g/mol. The van der Waals surface area contributed by atoms with Crippen LogP contribution in [0.15, 0.2) is 10.2 Å². The molecule has 146 valence electrons. The molecule has 0 aromatic carbocycles. The second kappa shape index (κ2) is 12.6. The zero-order valence-electron chi connectivity index (χ0n) is 15.9. The lowest BCUT2D eigenvalue weighted by atomic mass is 9.90. The van der Waals surface area contributed by atoms with E-state index < -0.39 is 0 Å². The fraction of sp³-hybridized carbons (Fsp3) is 0.800. The van der Waals surface area contributed by atoms with Gasteiger partial charge in [-0.15, -0.1) is 0 Å². The minimum Gasteiger partial charge on any atom is -0.273 e. The largest absolute Gasteiger partial charge is 0.273 e. The van der Waals surface area contributed by atoms with Crippen LogP contribution in [-0.2, 0) is 9.59 Å². The van der Waals surface area contributed by atoms with Gasteiger partial charge >= 0.3 is 0 Å². The maximum Gasteiger partial charge on any atom is 0.240 e. The van der Waals surface area contributed by atoms with Crippen molar-refractivity contribution in [1.29, 1.82) is 0 Å². The summed E-state index contributed by atoms with van der Waals surface area (Å²) in [4.78, 5) is 23.5. The van der Waals surface area contributed by atoms with Gasteiger partial charge in [0.1, 0.15) is 0 Å². The van der Waals surface area contributed by atoms with E-state index in [0.29, 0.717) is 37.5 Å². The summed E-state index contributed by atoms with van der Waals surface area (Å²) in [5.74, 6) is 0.879. The molecule has 0 heterocycles. The van der Waals surface area contributed by atoms with Crippen LogP contribution in [0.25, 0.3) is 0 Å². The van der Waals surface area contributed by atoms with Crippen LogP contribution in [-0.4, -0.2) is 24.2 Å². The molecule has 0 spiro atoms. The Morgan fingerprint density at radius 1 is 0.692 bits per heavy atom. The minimum absolute atomic E-state index is 0.0761. The molecule has 0 saturated heterocycles. The number of carbonyl (C=O) groups is 2. The van der Waals surface area contributed by atoms with Crippen molar-refractivity contribution in [3.8, 4) is 0 Å². The fourth-order valence-electron chi connectivity index (χ4n) is 3.68. The van der Waals surface area contributed by atoms with Gasteiger partial charge in [0.05, 0.1) is 0 Å². The summed E-state index contributed by atoms with van der Waals surface area (Å²) in [6, 6.07) is 0. The smallest absolute Gasteiger partial charge is 0.240 e. The SMILES string of the molecule is O=C(CCCCC(=O)NN=CC1CCCCC1)NN=CC1CCCCC1. The average Bonchev–Trinajstić information content (AvgIpc) is 2.67. The first-order valence-corrected chi connectivity index (χ1v) is 10.4. The maximum atomic E-state index is 11.7. The first-order chi connectivity index (χ1) is 12.7. The lowest BCUT2D eigenvalue weighted by Crippen LogP contribution is -2.20. The lowest BCUT2D eigenvalue weighted by Gasteiger charge is -2.16. The summed E-state index contributed by atoms with van der Waals surface area (Å²) in [5, 5.41) is 8.14. The van der Waals surface area contributed by atoms with Crippen molar-refractivity contribution in [2.45, 2.75) is 89.9 Å². The highest BCUT2D eigenvalue weighted by Gasteiger charge is 2.11. The molecule has 2 amide bonds. The molecule has 0 aromatic heterocycles. The zero-order chi connectivity index (χ0) is 18.5. The Hall–Kier alpha value is -1.72. The van der Waals surface area contributed by atoms with Crippen LogP contribution in [0.5, 0.6) is 0 Å². The van der Waals surface area contributed by atoms with Crippen molar-refractivity contribution < 1.29 is 9.59 Å². The van der Waals surface area contributed by atoms with E-state index in [1.807, 2.05) is 12.4 Å². The summed E-state index contributed by atoms with van der Waals surface area (Å²) in [7, 11) is 0. The van der Waals surface area contributed by atoms with Gasteiger partial charge in [-0.3, -0.25) is 9.59 Å². The summed E-state index contributed by atoms with van der Waals surface area (Å²) >= 11 is 0. The van der Waals surface area contributed by atoms with Gasteiger partial charge in [0.15, 0.2) is 0 Å². The summed E-state index contributed by atoms with van der Waals surface area (Å²) < 4.78 is 0. The number of hydrazone groups is 2. The van der Waals surface area contributed by atoms with E-state index in [2.05, 4.69) is 21.1 Å². The molecule has 0 atom stereocenters. The molecule has 0 bridgehead atoms. The Balaban J connectivity index is 1.46. The molecular weight excluding hydrogens is 328 g/mol. The Kier molecular flexibility index (Phi) is 9.98. The van der Waals surface area contributed by atoms with E-state index in [0.717, 1.165) is 0 Å². The van der Waals surface area contributed by atoms with Gasteiger partial charge in [-0.1, -0.05) is 38.5 Å². The van der Waals surface area contributed by atoms with Crippen LogP contribution in [0.1, 0.15) is 89.9 Å². The molecule has 0 radical (unpaired) electrons. The van der Waals surface area contributed by atoms with Gasteiger partial charge in [-0.2, -0.15) is 10.2 Å². The van der Waals surface area contributed by atoms with Gasteiger partial charge < -0.3 is 0 Å². The molecular formula is C20H34N4O2. The summed E-state index contributed by atoms with van der Waals surface area (Å²) in [6.45, 7) is 0. The fourth-order valence-corrected chi connectivity index (χ4v) is 3.68. The molecule has 2 rings (SSSR count). The van der Waals surface area contributed by atoms with Gasteiger partial charge in [-0.05, 0) is 50.4 Å². The molecule has 26 heavy (non-hydrogen) atoms. The van der Waals surface area contributed by atoms with Crippen molar-refractivity contribution in [2.75, 3.05) is 0 Å². The van der Waals surface area contributed by atoms with Gasteiger partial charge in [0.2, 0.25) is 11.8 Å². The van der Waals surface area contributed by atoms with Crippen molar-refractivity contribution in [2.24, 2.45) is 22.0 Å². The Morgan fingerprint density at radius 2 is 1.08 bits per heavy atom. The molecule has 2 saturated carbocycles. The van der Waals surface area contributed by atoms with E-state index >= 15 is 0 Å². The number of hydrogen-bond donors (Lipinski definition) is 2.